The predicted octanol–water partition coefficient (Wildman–Crippen LogP) is 2.24. The van der Waals surface area contributed by atoms with E-state index in [0.717, 1.165) is 11.3 Å². The van der Waals surface area contributed by atoms with Crippen molar-refractivity contribution in [3.63, 3.8) is 0 Å². The molecule has 0 unspecified atom stereocenters. The Morgan fingerprint density at radius 2 is 1.91 bits per heavy atom. The van der Waals surface area contributed by atoms with Gasteiger partial charge >= 0.3 is 5.97 Å². The Kier molecular flexibility index (Phi) is 5.06. The summed E-state index contributed by atoms with van der Waals surface area (Å²) in [4.78, 5) is 22.9. The Bertz CT molecular complexity index is 532. The van der Waals surface area contributed by atoms with Gasteiger partial charge in [-0.15, -0.1) is 0 Å². The van der Waals surface area contributed by atoms with Gasteiger partial charge < -0.3 is 15.2 Å². The first kappa shape index (κ1) is 16.3. The highest BCUT2D eigenvalue weighted by Crippen LogP contribution is 2.45. The van der Waals surface area contributed by atoms with Crippen LogP contribution in [0.5, 0.6) is 5.75 Å². The van der Waals surface area contributed by atoms with E-state index in [0.29, 0.717) is 25.4 Å². The van der Waals surface area contributed by atoms with E-state index in [4.69, 9.17) is 9.84 Å². The molecule has 120 valence electrons. The normalized spacial score (nSPS) is 15.4. The van der Waals surface area contributed by atoms with Crippen LogP contribution in [0.25, 0.3) is 0 Å². The number of hydrogen-bond donors (Lipinski definition) is 2. The molecule has 5 nitrogen and oxygen atoms in total. The number of carbonyl (C=O) groups is 2. The van der Waals surface area contributed by atoms with Gasteiger partial charge in [-0.1, -0.05) is 26.0 Å². The summed E-state index contributed by atoms with van der Waals surface area (Å²) in [6.07, 6.45) is 1.54. The van der Waals surface area contributed by atoms with E-state index in [1.54, 1.807) is 0 Å². The average Bonchev–Trinajstić information content (AvgIpc) is 3.26. The highest BCUT2D eigenvalue weighted by atomic mass is 16.5. The van der Waals surface area contributed by atoms with Gasteiger partial charge in [0.2, 0.25) is 5.91 Å². The molecule has 1 aromatic rings. The van der Waals surface area contributed by atoms with Crippen LogP contribution in [-0.4, -0.2) is 30.1 Å². The summed E-state index contributed by atoms with van der Waals surface area (Å²) in [5.41, 5.74) is 0.166. The van der Waals surface area contributed by atoms with Gasteiger partial charge in [-0.3, -0.25) is 9.59 Å². The van der Waals surface area contributed by atoms with Crippen molar-refractivity contribution in [3.05, 3.63) is 29.8 Å². The largest absolute Gasteiger partial charge is 0.493 e. The van der Waals surface area contributed by atoms with Crippen LogP contribution in [0.3, 0.4) is 0 Å². The predicted molar refractivity (Wildman–Crippen MR) is 82.8 cm³/mol. The maximum Gasteiger partial charge on any atom is 0.311 e. The van der Waals surface area contributed by atoms with Crippen molar-refractivity contribution in [2.24, 2.45) is 11.3 Å². The lowest BCUT2D eigenvalue weighted by Crippen LogP contribution is -2.35. The average molecular weight is 305 g/mol. The van der Waals surface area contributed by atoms with Crippen molar-refractivity contribution in [1.29, 1.82) is 0 Å². The Morgan fingerprint density at radius 3 is 2.41 bits per heavy atom. The van der Waals surface area contributed by atoms with Crippen LogP contribution in [0.1, 0.15) is 32.3 Å². The zero-order valence-corrected chi connectivity index (χ0v) is 13.1. The smallest absolute Gasteiger partial charge is 0.311 e. The molecule has 2 N–H and O–H groups in total. The second-order valence-electron chi connectivity index (χ2n) is 6.39. The van der Waals surface area contributed by atoms with Crippen molar-refractivity contribution in [2.45, 2.75) is 33.1 Å². The third-order valence-electron chi connectivity index (χ3n) is 3.80. The molecular formula is C17H23NO4. The Labute approximate surface area is 130 Å². The lowest BCUT2D eigenvalue weighted by molar-refractivity contribution is -0.143. The molecule has 1 aliphatic rings. The fourth-order valence-corrected chi connectivity index (χ4v) is 2.10. The maximum absolute atomic E-state index is 11.9. The lowest BCUT2D eigenvalue weighted by Gasteiger charge is -2.11. The third kappa shape index (κ3) is 4.48. The molecule has 0 atom stereocenters. The molecule has 1 fully saturated rings. The van der Waals surface area contributed by atoms with Gasteiger partial charge in [0, 0.05) is 6.54 Å². The van der Waals surface area contributed by atoms with Crippen molar-refractivity contribution in [2.75, 3.05) is 13.2 Å². The number of nitrogens with one attached hydrogen (secondary N) is 1. The van der Waals surface area contributed by atoms with E-state index in [-0.39, 0.29) is 18.9 Å². The van der Waals surface area contributed by atoms with Crippen LogP contribution in [0.4, 0.5) is 0 Å². The molecule has 1 aromatic carbocycles. The van der Waals surface area contributed by atoms with Gasteiger partial charge in [0.05, 0.1) is 18.4 Å². The molecule has 1 aliphatic carbocycles. The third-order valence-corrected chi connectivity index (χ3v) is 3.80. The molecule has 1 saturated carbocycles. The number of aliphatic carboxylic acids is 1. The molecule has 0 aromatic heterocycles. The number of carboxylic acids is 1. The topological polar surface area (TPSA) is 75.6 Å². The van der Waals surface area contributed by atoms with E-state index >= 15 is 0 Å². The Morgan fingerprint density at radius 1 is 1.27 bits per heavy atom. The molecular weight excluding hydrogens is 282 g/mol. The molecule has 0 heterocycles. The van der Waals surface area contributed by atoms with E-state index in [1.165, 1.54) is 0 Å². The first-order valence-electron chi connectivity index (χ1n) is 7.63. The van der Waals surface area contributed by atoms with Gasteiger partial charge in [0.25, 0.3) is 0 Å². The highest BCUT2D eigenvalue weighted by Gasteiger charge is 2.50. The Balaban J connectivity index is 1.78. The molecule has 0 aliphatic heterocycles. The van der Waals surface area contributed by atoms with Crippen LogP contribution in [0.2, 0.25) is 0 Å². The van der Waals surface area contributed by atoms with E-state index < -0.39 is 11.4 Å². The van der Waals surface area contributed by atoms with Crippen molar-refractivity contribution in [3.8, 4) is 5.75 Å². The summed E-state index contributed by atoms with van der Waals surface area (Å²) < 4.78 is 5.59. The SMILES string of the molecule is CC(C)COc1ccc(CC(=O)NCC2(C(=O)O)CC2)cc1. The standard InChI is InChI=1S/C17H23NO4/c1-12(2)10-22-14-5-3-13(4-6-14)9-15(19)18-11-17(7-8-17)16(20)21/h3-6,12H,7-11H2,1-2H3,(H,18,19)(H,20,21). The zero-order chi connectivity index (χ0) is 16.2. The minimum atomic E-state index is -0.820. The minimum absolute atomic E-state index is 0.150. The molecule has 0 radical (unpaired) electrons. The fourth-order valence-electron chi connectivity index (χ4n) is 2.10. The van der Waals surface area contributed by atoms with Crippen molar-refractivity contribution < 1.29 is 19.4 Å². The van der Waals surface area contributed by atoms with E-state index in [9.17, 15) is 9.59 Å². The van der Waals surface area contributed by atoms with Gasteiger partial charge in [-0.25, -0.2) is 0 Å². The van der Waals surface area contributed by atoms with Gasteiger partial charge in [0.15, 0.2) is 0 Å². The molecule has 22 heavy (non-hydrogen) atoms. The summed E-state index contributed by atoms with van der Waals surface area (Å²) in [5.74, 6) is 0.290. The summed E-state index contributed by atoms with van der Waals surface area (Å²) in [6.45, 7) is 5.05. The number of rotatable bonds is 8. The fraction of sp³-hybridized carbons (Fsp3) is 0.529. The first-order valence-corrected chi connectivity index (χ1v) is 7.63. The summed E-state index contributed by atoms with van der Waals surface area (Å²) in [5, 5.41) is 11.8. The molecule has 1 amide bonds. The van der Waals surface area contributed by atoms with Crippen LogP contribution in [0, 0.1) is 11.3 Å². The number of benzene rings is 1. The zero-order valence-electron chi connectivity index (χ0n) is 13.1. The van der Waals surface area contributed by atoms with E-state index in [2.05, 4.69) is 19.2 Å². The quantitative estimate of drug-likeness (QED) is 0.772. The van der Waals surface area contributed by atoms with Gasteiger partial charge in [-0.2, -0.15) is 0 Å². The second-order valence-corrected chi connectivity index (χ2v) is 6.39. The van der Waals surface area contributed by atoms with Crippen LogP contribution in [0.15, 0.2) is 24.3 Å². The van der Waals surface area contributed by atoms with Crippen molar-refractivity contribution in [1.82, 2.24) is 5.32 Å². The molecule has 0 bridgehead atoms. The minimum Gasteiger partial charge on any atom is -0.493 e. The monoisotopic (exact) mass is 305 g/mol. The molecule has 5 heteroatoms. The van der Waals surface area contributed by atoms with Gasteiger partial charge in [-0.05, 0) is 36.5 Å². The van der Waals surface area contributed by atoms with Crippen LogP contribution in [-0.2, 0) is 16.0 Å². The number of ether oxygens (including phenoxy) is 1. The summed E-state index contributed by atoms with van der Waals surface area (Å²) in [6, 6.07) is 7.42. The number of amides is 1. The first-order chi connectivity index (χ1) is 10.4. The number of carbonyl (C=O) groups excluding carboxylic acids is 1. The number of hydrogen-bond acceptors (Lipinski definition) is 3. The summed E-state index contributed by atoms with van der Waals surface area (Å²) in [7, 11) is 0. The highest BCUT2D eigenvalue weighted by molar-refractivity contribution is 5.82. The van der Waals surface area contributed by atoms with Crippen LogP contribution < -0.4 is 10.1 Å². The second kappa shape index (κ2) is 6.81. The van der Waals surface area contributed by atoms with Gasteiger partial charge in [0.1, 0.15) is 5.75 Å². The maximum atomic E-state index is 11.9. The lowest BCUT2D eigenvalue weighted by atomic mass is 10.1. The molecule has 0 saturated heterocycles. The molecule has 0 spiro atoms. The van der Waals surface area contributed by atoms with Crippen LogP contribution >= 0.6 is 0 Å². The summed E-state index contributed by atoms with van der Waals surface area (Å²) >= 11 is 0. The number of carboxylic acid groups (broad SMARTS) is 1. The van der Waals surface area contributed by atoms with Crippen molar-refractivity contribution >= 4 is 11.9 Å². The molecule has 2 rings (SSSR count). The Hall–Kier alpha value is -2.04. The van der Waals surface area contributed by atoms with E-state index in [1.807, 2.05) is 24.3 Å².